The van der Waals surface area contributed by atoms with Gasteiger partial charge in [-0.3, -0.25) is 24.0 Å². The van der Waals surface area contributed by atoms with Gasteiger partial charge in [-0.15, -0.1) is 0 Å². The smallest absolute Gasteiger partial charge is 0.269 e. The third-order valence-electron chi connectivity index (χ3n) is 7.69. The minimum atomic E-state index is -0.655. The molecule has 3 aliphatic rings. The number of hydrogen-bond acceptors (Lipinski definition) is 5. The van der Waals surface area contributed by atoms with E-state index in [1.807, 2.05) is 31.2 Å². The zero-order valence-corrected chi connectivity index (χ0v) is 20.6. The van der Waals surface area contributed by atoms with Crippen molar-refractivity contribution in [2.24, 2.45) is 11.7 Å². The highest BCUT2D eigenvalue weighted by Crippen LogP contribution is 2.49. The van der Waals surface area contributed by atoms with Crippen LogP contribution in [0, 0.1) is 5.92 Å². The van der Waals surface area contributed by atoms with E-state index in [4.69, 9.17) is 17.3 Å². The number of hydrogen-bond donors (Lipinski definition) is 2. The van der Waals surface area contributed by atoms with Crippen LogP contribution < -0.4 is 11.1 Å². The van der Waals surface area contributed by atoms with Crippen molar-refractivity contribution in [3.05, 3.63) is 58.5 Å². The Balaban J connectivity index is 1.18. The number of likely N-dealkylation sites (tertiary alicyclic amines) is 1. The highest BCUT2D eigenvalue weighted by atomic mass is 35.5. The van der Waals surface area contributed by atoms with Crippen molar-refractivity contribution in [2.45, 2.75) is 63.2 Å². The van der Waals surface area contributed by atoms with Crippen LogP contribution >= 0.6 is 11.6 Å². The number of aromatic nitrogens is 3. The van der Waals surface area contributed by atoms with Crippen molar-refractivity contribution in [3.8, 4) is 0 Å². The molecule has 3 aromatic rings. The third kappa shape index (κ3) is 3.91. The number of carbonyl (C=O) groups is 3. The summed E-state index contributed by atoms with van der Waals surface area (Å²) >= 11 is 6.33. The highest BCUT2D eigenvalue weighted by Gasteiger charge is 2.56. The van der Waals surface area contributed by atoms with E-state index in [1.165, 1.54) is 4.68 Å². The molecule has 3 heterocycles. The molecular formula is C26H27ClN6O3. The average molecular weight is 507 g/mol. The van der Waals surface area contributed by atoms with E-state index in [9.17, 15) is 14.4 Å². The number of primary amides is 1. The molecule has 2 aromatic heterocycles. The van der Waals surface area contributed by atoms with Crippen LogP contribution in [0.3, 0.4) is 0 Å². The fourth-order valence-corrected chi connectivity index (χ4v) is 5.90. The molecular weight excluding hydrogens is 480 g/mol. The zero-order valence-electron chi connectivity index (χ0n) is 19.9. The first-order chi connectivity index (χ1) is 17.4. The predicted octanol–water partition coefficient (Wildman–Crippen LogP) is 2.41. The van der Waals surface area contributed by atoms with E-state index in [-0.39, 0.29) is 42.1 Å². The molecule has 0 spiro atoms. The molecule has 36 heavy (non-hydrogen) atoms. The Labute approximate surface area is 213 Å². The number of nitrogens with zero attached hydrogens (tertiary/aromatic N) is 4. The van der Waals surface area contributed by atoms with Crippen LogP contribution in [0.5, 0.6) is 0 Å². The van der Waals surface area contributed by atoms with Crippen molar-refractivity contribution in [2.75, 3.05) is 0 Å². The summed E-state index contributed by atoms with van der Waals surface area (Å²) in [5, 5.41) is 8.77. The number of amides is 3. The van der Waals surface area contributed by atoms with Crippen LogP contribution in [-0.4, -0.2) is 55.5 Å². The lowest BCUT2D eigenvalue weighted by molar-refractivity contribution is -0.140. The van der Waals surface area contributed by atoms with Gasteiger partial charge in [0.15, 0.2) is 5.69 Å². The number of halogens is 1. The summed E-state index contributed by atoms with van der Waals surface area (Å²) in [6, 6.07) is 9.09. The van der Waals surface area contributed by atoms with Crippen molar-refractivity contribution in [1.82, 2.24) is 25.0 Å². The SMILES string of the molecule is CCc1cc2c(C(N)=O)nn(CC(=O)N3[C@@H]4C[C@@H]4C[C@H]3C(=O)N[C@@H]3C[C@H]3c3ccccc3Cl)c2cn1. The van der Waals surface area contributed by atoms with Gasteiger partial charge in [-0.25, -0.2) is 0 Å². The van der Waals surface area contributed by atoms with Gasteiger partial charge in [0.1, 0.15) is 12.6 Å². The second-order valence-electron chi connectivity index (χ2n) is 10.0. The van der Waals surface area contributed by atoms with Crippen LogP contribution in [0.2, 0.25) is 5.02 Å². The molecule has 6 rings (SSSR count). The van der Waals surface area contributed by atoms with Crippen LogP contribution in [0.1, 0.15) is 53.8 Å². The van der Waals surface area contributed by atoms with Crippen molar-refractivity contribution in [3.63, 3.8) is 0 Å². The molecule has 0 unspecified atom stereocenters. The number of carbonyl (C=O) groups excluding carboxylic acids is 3. The predicted molar refractivity (Wildman–Crippen MR) is 133 cm³/mol. The normalized spacial score (nSPS) is 26.1. The number of nitrogens with two attached hydrogens (primary N) is 1. The Kier molecular flexibility index (Phi) is 5.48. The van der Waals surface area contributed by atoms with Crippen LogP contribution in [-0.2, 0) is 22.6 Å². The molecule has 0 bridgehead atoms. The molecule has 3 N–H and O–H groups in total. The molecule has 1 aromatic carbocycles. The second kappa shape index (κ2) is 8.58. The van der Waals surface area contributed by atoms with Crippen LogP contribution in [0.25, 0.3) is 10.9 Å². The van der Waals surface area contributed by atoms with E-state index in [1.54, 1.807) is 17.2 Å². The van der Waals surface area contributed by atoms with Gasteiger partial charge in [-0.1, -0.05) is 36.7 Å². The molecule has 5 atom stereocenters. The summed E-state index contributed by atoms with van der Waals surface area (Å²) in [6.45, 7) is 1.88. The molecule has 2 aliphatic carbocycles. The lowest BCUT2D eigenvalue weighted by Crippen LogP contribution is -2.49. The molecule has 0 radical (unpaired) electrons. The number of pyridine rings is 1. The van der Waals surface area contributed by atoms with Crippen LogP contribution in [0.15, 0.2) is 36.5 Å². The van der Waals surface area contributed by atoms with E-state index < -0.39 is 11.9 Å². The van der Waals surface area contributed by atoms with E-state index in [2.05, 4.69) is 15.4 Å². The third-order valence-corrected chi connectivity index (χ3v) is 8.04. The molecule has 3 amide bonds. The molecule has 3 fully saturated rings. The van der Waals surface area contributed by atoms with Gasteiger partial charge >= 0.3 is 0 Å². The Morgan fingerprint density at radius 2 is 2.00 bits per heavy atom. The molecule has 2 saturated carbocycles. The fraction of sp³-hybridized carbons (Fsp3) is 0.423. The summed E-state index contributed by atoms with van der Waals surface area (Å²) in [5.74, 6) is -0.415. The topological polar surface area (TPSA) is 123 Å². The summed E-state index contributed by atoms with van der Waals surface area (Å²) < 4.78 is 1.48. The number of nitrogens with one attached hydrogen (secondary N) is 1. The fourth-order valence-electron chi connectivity index (χ4n) is 5.62. The van der Waals surface area contributed by atoms with Crippen molar-refractivity contribution < 1.29 is 14.4 Å². The maximum absolute atomic E-state index is 13.5. The van der Waals surface area contributed by atoms with Crippen molar-refractivity contribution >= 4 is 40.2 Å². The van der Waals surface area contributed by atoms with Gasteiger partial charge in [0.25, 0.3) is 5.91 Å². The molecule has 186 valence electrons. The van der Waals surface area contributed by atoms with Gasteiger partial charge < -0.3 is 16.0 Å². The maximum Gasteiger partial charge on any atom is 0.269 e. The first-order valence-electron chi connectivity index (χ1n) is 12.4. The quantitative estimate of drug-likeness (QED) is 0.509. The lowest BCUT2D eigenvalue weighted by atomic mass is 10.1. The summed E-state index contributed by atoms with van der Waals surface area (Å²) in [7, 11) is 0. The largest absolute Gasteiger partial charge is 0.364 e. The maximum atomic E-state index is 13.5. The summed E-state index contributed by atoms with van der Waals surface area (Å²) in [4.78, 5) is 44.8. The highest BCUT2D eigenvalue weighted by molar-refractivity contribution is 6.31. The molecule has 1 saturated heterocycles. The average Bonchev–Trinajstić information content (AvgIpc) is 3.74. The Bertz CT molecular complexity index is 1400. The van der Waals surface area contributed by atoms with Gasteiger partial charge in [0.05, 0.1) is 11.7 Å². The number of fused-ring (bicyclic) bond motifs is 2. The number of benzene rings is 1. The van der Waals surface area contributed by atoms with E-state index >= 15 is 0 Å². The van der Waals surface area contributed by atoms with E-state index in [0.717, 1.165) is 24.1 Å². The number of rotatable bonds is 7. The first-order valence-corrected chi connectivity index (χ1v) is 12.7. The summed E-state index contributed by atoms with van der Waals surface area (Å²) in [6.07, 6.45) is 4.74. The molecule has 10 heteroatoms. The zero-order chi connectivity index (χ0) is 25.1. The van der Waals surface area contributed by atoms with Gasteiger partial charge in [-0.05, 0) is 49.3 Å². The number of piperidine rings is 1. The van der Waals surface area contributed by atoms with Gasteiger partial charge in [0, 0.05) is 34.1 Å². The van der Waals surface area contributed by atoms with Gasteiger partial charge in [-0.2, -0.15) is 5.10 Å². The molecule has 9 nitrogen and oxygen atoms in total. The second-order valence-corrected chi connectivity index (χ2v) is 10.4. The van der Waals surface area contributed by atoms with Crippen molar-refractivity contribution in [1.29, 1.82) is 0 Å². The Hall–Kier alpha value is -3.46. The van der Waals surface area contributed by atoms with Crippen LogP contribution in [0.4, 0.5) is 0 Å². The Morgan fingerprint density at radius 1 is 1.19 bits per heavy atom. The summed E-state index contributed by atoms with van der Waals surface area (Å²) in [5.41, 5.74) is 8.09. The molecule has 1 aliphatic heterocycles. The monoisotopic (exact) mass is 506 g/mol. The van der Waals surface area contributed by atoms with E-state index in [0.29, 0.717) is 34.7 Å². The lowest BCUT2D eigenvalue weighted by Gasteiger charge is -2.27. The first kappa shape index (κ1) is 23.0. The standard InChI is InChI=1S/C26H27ClN6O3/c1-2-14-9-17-22(11-29-14)32(31-24(17)25(28)35)12-23(34)33-20-7-13(20)8-21(33)26(36)30-19-10-16(19)15-5-3-4-6-18(15)27/h3-6,9,11,13,16,19-21H,2,7-8,10,12H2,1H3,(H2,28,35)(H,30,36)/t13-,16+,19-,20-,21+/m1/s1. The number of aryl methyl sites for hydroxylation is 1. The minimum Gasteiger partial charge on any atom is -0.364 e. The minimum absolute atomic E-state index is 0.0262. The van der Waals surface area contributed by atoms with Gasteiger partial charge in [0.2, 0.25) is 11.8 Å². The Morgan fingerprint density at radius 3 is 2.75 bits per heavy atom.